The molecule has 10 heteroatoms. The molecule has 0 fully saturated rings. The van der Waals surface area contributed by atoms with E-state index in [0.717, 1.165) is 46.7 Å². The fourth-order valence-corrected chi connectivity index (χ4v) is 5.86. The summed E-state index contributed by atoms with van der Waals surface area (Å²) >= 11 is 0. The molecule has 0 spiro atoms. The highest BCUT2D eigenvalue weighted by Gasteiger charge is 2.36. The van der Waals surface area contributed by atoms with E-state index in [4.69, 9.17) is 10.2 Å². The molecule has 2 aromatic rings. The van der Waals surface area contributed by atoms with Gasteiger partial charge in [-0.1, -0.05) is 0 Å². The van der Waals surface area contributed by atoms with E-state index in [1.807, 2.05) is 45.0 Å². The van der Waals surface area contributed by atoms with Crippen molar-refractivity contribution in [2.45, 2.75) is 65.2 Å². The van der Waals surface area contributed by atoms with E-state index in [0.29, 0.717) is 24.8 Å². The molecule has 3 rings (SSSR count). The Bertz CT molecular complexity index is 1190. The van der Waals surface area contributed by atoms with Gasteiger partial charge in [0.05, 0.1) is 18.6 Å². The van der Waals surface area contributed by atoms with Crippen LogP contribution in [0.2, 0.25) is 0 Å². The van der Waals surface area contributed by atoms with Gasteiger partial charge < -0.3 is 35.8 Å². The van der Waals surface area contributed by atoms with E-state index < -0.39 is 36.6 Å². The van der Waals surface area contributed by atoms with Crippen molar-refractivity contribution in [1.82, 2.24) is 0 Å². The number of aliphatic hydroxyl groups is 2. The maximum absolute atomic E-state index is 13.4. The number of nitrogens with zero attached hydrogens (tertiary/aromatic N) is 1. The summed E-state index contributed by atoms with van der Waals surface area (Å²) in [5, 5.41) is 30.7. The van der Waals surface area contributed by atoms with Crippen molar-refractivity contribution in [3.8, 4) is 5.75 Å². The van der Waals surface area contributed by atoms with Crippen LogP contribution in [0.25, 0.3) is 0 Å². The third-order valence-electron chi connectivity index (χ3n) is 7.94. The number of amides is 1. The number of primary amides is 1. The van der Waals surface area contributed by atoms with Gasteiger partial charge in [0.15, 0.2) is 5.78 Å². The van der Waals surface area contributed by atoms with Crippen LogP contribution < -0.4 is 10.6 Å². The molecule has 0 saturated heterocycles. The smallest absolute Gasteiger partial charge is 0.224 e. The average Bonchev–Trinajstić information content (AvgIpc) is 3.16. The summed E-state index contributed by atoms with van der Waals surface area (Å²) in [6.45, 7) is 3.30. The number of phenolic OH excluding ortho intramolecular Hbond substituents is 1. The first kappa shape index (κ1) is 33.0. The Labute approximate surface area is 238 Å². The summed E-state index contributed by atoms with van der Waals surface area (Å²) in [6, 6.07) is 3.98. The number of ketones is 2. The number of aromatic hydroxyl groups is 1. The lowest BCUT2D eigenvalue weighted by Gasteiger charge is -2.33. The average molecular weight is 565 g/mol. The first-order valence-electron chi connectivity index (χ1n) is 13.6. The van der Waals surface area contributed by atoms with E-state index >= 15 is 0 Å². The maximum Gasteiger partial charge on any atom is 0.224 e. The van der Waals surface area contributed by atoms with Gasteiger partial charge in [-0.25, -0.2) is 0 Å². The van der Waals surface area contributed by atoms with Crippen molar-refractivity contribution in [2.24, 2.45) is 23.5 Å². The monoisotopic (exact) mass is 564 g/mol. The van der Waals surface area contributed by atoms with Gasteiger partial charge >= 0.3 is 0 Å². The van der Waals surface area contributed by atoms with E-state index in [-0.39, 0.29) is 45.2 Å². The van der Waals surface area contributed by atoms with Crippen molar-refractivity contribution in [3.05, 3.63) is 45.9 Å². The van der Waals surface area contributed by atoms with Gasteiger partial charge in [0, 0.05) is 48.0 Å². The van der Waals surface area contributed by atoms with Gasteiger partial charge in [-0.15, -0.1) is 0 Å². The Morgan fingerprint density at radius 2 is 1.88 bits per heavy atom. The van der Waals surface area contributed by atoms with Crippen molar-refractivity contribution < 1.29 is 42.4 Å². The van der Waals surface area contributed by atoms with Crippen LogP contribution >= 0.6 is 0 Å². The van der Waals surface area contributed by atoms with Crippen LogP contribution in [0, 0.1) is 31.6 Å². The van der Waals surface area contributed by atoms with E-state index in [1.165, 1.54) is 0 Å². The number of anilines is 1. The molecule has 10 nitrogen and oxygen atoms in total. The number of aliphatic hydroxyl groups excluding tert-OH is 2. The number of benzene rings is 1. The van der Waals surface area contributed by atoms with Crippen LogP contribution in [0.3, 0.4) is 0 Å². The van der Waals surface area contributed by atoms with Crippen LogP contribution in [0.1, 0.15) is 73.5 Å². The van der Waals surface area contributed by atoms with E-state index in [1.54, 1.807) is 0 Å². The molecule has 226 valence electrons. The summed E-state index contributed by atoms with van der Waals surface area (Å²) < 4.78 is 5.77. The minimum absolute atomic E-state index is 0. The minimum Gasteiger partial charge on any atom is -0.507 e. The first-order valence-corrected chi connectivity index (χ1v) is 13.6. The molecule has 7 N–H and O–H groups in total. The predicted molar refractivity (Wildman–Crippen MR) is 156 cm³/mol. The summed E-state index contributed by atoms with van der Waals surface area (Å²) in [7, 11) is 3.80. The Morgan fingerprint density at radius 1 is 1.18 bits per heavy atom. The van der Waals surface area contributed by atoms with Crippen LogP contribution in [-0.2, 0) is 28.9 Å². The summed E-state index contributed by atoms with van der Waals surface area (Å²) in [4.78, 5) is 39.2. The predicted octanol–water partition coefficient (Wildman–Crippen LogP) is 2.70. The second-order valence-corrected chi connectivity index (χ2v) is 11.1. The topological polar surface area (TPSA) is 186 Å². The number of hydrogen-bond acceptors (Lipinski definition) is 8. The third kappa shape index (κ3) is 7.71. The van der Waals surface area contributed by atoms with Gasteiger partial charge in [-0.3, -0.25) is 14.4 Å². The molecule has 0 bridgehead atoms. The number of carbonyl (C=O) groups excluding carboxylic acids is 3. The normalized spacial score (nSPS) is 16.1. The number of phenols is 1. The van der Waals surface area contributed by atoms with Crippen LogP contribution in [0.5, 0.6) is 5.75 Å². The van der Waals surface area contributed by atoms with Crippen molar-refractivity contribution in [1.29, 1.82) is 0 Å². The standard InChI is InChI=1S/C30H42N2O7.H2O.2H2/c1-17-10-22(39-18(17)2)7-5-6-21-14-25(32(3)4)23-12-19(13-27(36)29(23)30(21)38)11-20(8-9-33)24(16-34)26(35)15-28(31)37;;;/h10,14,19-20,24,33-34,38H,5-9,11-13,15-16H2,1-4H3,(H2,31,37);1H2;2*1H. The van der Waals surface area contributed by atoms with Gasteiger partial charge in [-0.2, -0.15) is 0 Å². The molecular formula is C30H48N2O8. The number of hydrogen-bond donors (Lipinski definition) is 4. The van der Waals surface area contributed by atoms with Crippen molar-refractivity contribution >= 4 is 23.2 Å². The Morgan fingerprint density at radius 3 is 2.42 bits per heavy atom. The van der Waals surface area contributed by atoms with Gasteiger partial charge in [-0.05, 0) is 86.6 Å². The fraction of sp³-hybridized carbons (Fsp3) is 0.567. The summed E-state index contributed by atoms with van der Waals surface area (Å²) in [6.07, 6.45) is 2.97. The lowest BCUT2D eigenvalue weighted by atomic mass is 9.73. The zero-order chi connectivity index (χ0) is 28.9. The minimum atomic E-state index is -0.841. The lowest BCUT2D eigenvalue weighted by molar-refractivity contribution is -0.131. The molecule has 1 amide bonds. The van der Waals surface area contributed by atoms with E-state index in [9.17, 15) is 29.7 Å². The molecule has 1 aliphatic rings. The van der Waals surface area contributed by atoms with Gasteiger partial charge in [0.1, 0.15) is 23.1 Å². The molecule has 0 saturated carbocycles. The highest BCUT2D eigenvalue weighted by Crippen LogP contribution is 2.42. The zero-order valence-electron chi connectivity index (χ0n) is 24.0. The van der Waals surface area contributed by atoms with Crippen LogP contribution in [-0.4, -0.2) is 65.6 Å². The first-order chi connectivity index (χ1) is 18.5. The molecule has 1 aliphatic carbocycles. The Balaban J connectivity index is 0.00000560. The zero-order valence-corrected chi connectivity index (χ0v) is 24.0. The SMILES string of the molecule is Cc1cc(CCCc2cc(N(C)C)c3c(c2O)C(=O)CC(CC(CCO)C(CO)C(=O)CC(N)=O)C3)oc1C.O.[HH].[HH]. The second kappa shape index (κ2) is 14.4. The molecule has 3 unspecified atom stereocenters. The van der Waals surface area contributed by atoms with Crippen molar-refractivity contribution in [3.63, 3.8) is 0 Å². The highest BCUT2D eigenvalue weighted by molar-refractivity contribution is 6.03. The number of aryl methyl sites for hydroxylation is 4. The number of nitrogens with two attached hydrogens (primary N) is 1. The maximum atomic E-state index is 13.4. The lowest BCUT2D eigenvalue weighted by Crippen LogP contribution is -2.34. The Kier molecular flexibility index (Phi) is 11.9. The number of fused-ring (bicyclic) bond motifs is 1. The molecule has 1 aromatic carbocycles. The Hall–Kier alpha value is -3.21. The number of carbonyl (C=O) groups is 3. The fourth-order valence-electron chi connectivity index (χ4n) is 5.86. The van der Waals surface area contributed by atoms with E-state index in [2.05, 4.69) is 0 Å². The molecule has 3 atom stereocenters. The molecular weight excluding hydrogens is 516 g/mol. The number of rotatable bonds is 14. The highest BCUT2D eigenvalue weighted by atomic mass is 16.3. The number of Topliss-reactive ketones (excluding diaryl/α,β-unsaturated/α-hetero) is 2. The van der Waals surface area contributed by atoms with Gasteiger partial charge in [0.2, 0.25) is 5.91 Å². The second-order valence-electron chi connectivity index (χ2n) is 11.1. The largest absolute Gasteiger partial charge is 0.507 e. The molecule has 0 aliphatic heterocycles. The third-order valence-corrected chi connectivity index (χ3v) is 7.94. The van der Waals surface area contributed by atoms with Gasteiger partial charge in [0.25, 0.3) is 0 Å². The molecule has 1 heterocycles. The quantitative estimate of drug-likeness (QED) is 0.252. The molecule has 0 radical (unpaired) electrons. The summed E-state index contributed by atoms with van der Waals surface area (Å²) in [5.74, 6) is -0.937. The van der Waals surface area contributed by atoms with Crippen LogP contribution in [0.4, 0.5) is 5.69 Å². The summed E-state index contributed by atoms with van der Waals surface area (Å²) in [5.41, 5.74) is 9.01. The van der Waals surface area contributed by atoms with Crippen molar-refractivity contribution in [2.75, 3.05) is 32.2 Å². The molecule has 40 heavy (non-hydrogen) atoms. The van der Waals surface area contributed by atoms with Crippen LogP contribution in [0.15, 0.2) is 16.5 Å². The number of furan rings is 1. The molecule has 1 aromatic heterocycles.